The molecule has 1 aliphatic carbocycles. The molecule has 2 aliphatic rings. The molecule has 3 heterocycles. The zero-order valence-electron chi connectivity index (χ0n) is 21.9. The first kappa shape index (κ1) is 25.8. The lowest BCUT2D eigenvalue weighted by Gasteiger charge is -2.15. The van der Waals surface area contributed by atoms with Crippen LogP contribution in [-0.2, 0) is 19.5 Å². The highest BCUT2D eigenvalue weighted by Gasteiger charge is 2.26. The molecule has 0 atom stereocenters. The number of amides is 2. The van der Waals surface area contributed by atoms with Gasteiger partial charge in [-0.3, -0.25) is 13.9 Å². The van der Waals surface area contributed by atoms with E-state index in [2.05, 4.69) is 25.9 Å². The van der Waals surface area contributed by atoms with E-state index in [0.717, 1.165) is 48.2 Å². The van der Waals surface area contributed by atoms with Crippen molar-refractivity contribution in [1.82, 2.24) is 29.7 Å². The van der Waals surface area contributed by atoms with Crippen molar-refractivity contribution >= 4 is 22.9 Å². The summed E-state index contributed by atoms with van der Waals surface area (Å²) in [5.74, 6) is 0.437. The van der Waals surface area contributed by atoms with Crippen molar-refractivity contribution in [2.45, 2.75) is 38.8 Å². The number of benzene rings is 2. The smallest absolute Gasteiger partial charge is 0.333 e. The van der Waals surface area contributed by atoms with Crippen molar-refractivity contribution < 1.29 is 9.18 Å². The largest absolute Gasteiger partial charge is 0.336 e. The molecule has 1 aliphatic heterocycles. The first-order valence-corrected chi connectivity index (χ1v) is 13.5. The topological polar surface area (TPSA) is 126 Å². The summed E-state index contributed by atoms with van der Waals surface area (Å²) in [4.78, 5) is 46.9. The number of urea groups is 1. The van der Waals surface area contributed by atoms with Gasteiger partial charge in [0.2, 0.25) is 0 Å². The minimum atomic E-state index is -0.525. The molecule has 0 saturated heterocycles. The first-order valence-electron chi connectivity index (χ1n) is 13.5. The number of carbonyl (C=O) groups is 1. The summed E-state index contributed by atoms with van der Waals surface area (Å²) in [5, 5.41) is 8.90. The van der Waals surface area contributed by atoms with Gasteiger partial charge in [-0.1, -0.05) is 36.4 Å². The number of halogens is 1. The Balaban J connectivity index is 1.24. The molecule has 40 heavy (non-hydrogen) atoms. The number of aromatic amines is 1. The second-order valence-corrected chi connectivity index (χ2v) is 10.3. The van der Waals surface area contributed by atoms with Gasteiger partial charge in [-0.15, -0.1) is 0 Å². The van der Waals surface area contributed by atoms with Gasteiger partial charge in [-0.05, 0) is 48.9 Å². The molecule has 0 spiro atoms. The zero-order valence-corrected chi connectivity index (χ0v) is 21.9. The predicted molar refractivity (Wildman–Crippen MR) is 150 cm³/mol. The Morgan fingerprint density at radius 3 is 2.58 bits per heavy atom. The number of hydrogen-bond donors (Lipinski definition) is 4. The SMILES string of the molecule is O=C(NC1=CCNCC1)Nc1ccc(Cc2nc3c([nH]2)c(=O)n(Cc2ccccc2F)c(=O)n3CC2CC2)cc1. The Morgan fingerprint density at radius 1 is 1.05 bits per heavy atom. The van der Waals surface area contributed by atoms with E-state index >= 15 is 0 Å². The van der Waals surface area contributed by atoms with Crippen molar-refractivity contribution in [1.29, 1.82) is 0 Å². The van der Waals surface area contributed by atoms with E-state index in [0.29, 0.717) is 36.0 Å². The number of rotatable bonds is 8. The van der Waals surface area contributed by atoms with Crippen LogP contribution in [-0.4, -0.2) is 38.2 Å². The monoisotopic (exact) mass is 543 g/mol. The van der Waals surface area contributed by atoms with E-state index < -0.39 is 17.1 Å². The lowest BCUT2D eigenvalue weighted by molar-refractivity contribution is 0.254. The quantitative estimate of drug-likeness (QED) is 0.272. The number of H-pyrrole nitrogens is 1. The third-order valence-corrected chi connectivity index (χ3v) is 7.26. The predicted octanol–water partition coefficient (Wildman–Crippen LogP) is 3.07. The van der Waals surface area contributed by atoms with E-state index in [-0.39, 0.29) is 23.7 Å². The maximum atomic E-state index is 14.3. The van der Waals surface area contributed by atoms with Gasteiger partial charge in [0.1, 0.15) is 17.2 Å². The fourth-order valence-corrected chi connectivity index (χ4v) is 4.90. The second-order valence-electron chi connectivity index (χ2n) is 10.3. The summed E-state index contributed by atoms with van der Waals surface area (Å²) in [7, 11) is 0. The molecule has 2 aromatic carbocycles. The normalized spacial score (nSPS) is 15.2. The Labute approximate surface area is 228 Å². The molecular formula is C29H30FN7O3. The van der Waals surface area contributed by atoms with Crippen LogP contribution in [0.2, 0.25) is 0 Å². The molecule has 1 saturated carbocycles. The fraction of sp³-hybridized carbons (Fsp3) is 0.310. The van der Waals surface area contributed by atoms with E-state index in [1.54, 1.807) is 34.9 Å². The van der Waals surface area contributed by atoms with E-state index in [9.17, 15) is 18.8 Å². The van der Waals surface area contributed by atoms with Crippen LogP contribution in [0.1, 0.15) is 36.2 Å². The molecule has 206 valence electrons. The van der Waals surface area contributed by atoms with Crippen molar-refractivity contribution in [2.24, 2.45) is 5.92 Å². The number of aromatic nitrogens is 4. The summed E-state index contributed by atoms with van der Waals surface area (Å²) >= 11 is 0. The van der Waals surface area contributed by atoms with Crippen LogP contribution in [0.3, 0.4) is 0 Å². The third-order valence-electron chi connectivity index (χ3n) is 7.26. The number of imidazole rings is 1. The Kier molecular flexibility index (Phi) is 7.04. The Morgan fingerprint density at radius 2 is 1.85 bits per heavy atom. The molecule has 2 aromatic heterocycles. The summed E-state index contributed by atoms with van der Waals surface area (Å²) < 4.78 is 17.0. The maximum absolute atomic E-state index is 14.3. The number of anilines is 1. The Hall–Kier alpha value is -4.51. The van der Waals surface area contributed by atoms with Crippen LogP contribution in [0, 0.1) is 11.7 Å². The summed E-state index contributed by atoms with van der Waals surface area (Å²) in [6.07, 6.45) is 5.16. The van der Waals surface area contributed by atoms with Crippen molar-refractivity contribution in [3.05, 3.63) is 104 Å². The number of hydrogen-bond acceptors (Lipinski definition) is 5. The first-order chi connectivity index (χ1) is 19.4. The van der Waals surface area contributed by atoms with Crippen molar-refractivity contribution in [2.75, 3.05) is 18.4 Å². The average Bonchev–Trinajstić information content (AvgIpc) is 3.68. The van der Waals surface area contributed by atoms with Crippen molar-refractivity contribution in [3.63, 3.8) is 0 Å². The van der Waals surface area contributed by atoms with Gasteiger partial charge in [0.15, 0.2) is 5.65 Å². The van der Waals surface area contributed by atoms with Crippen LogP contribution in [0.15, 0.2) is 69.9 Å². The maximum Gasteiger partial charge on any atom is 0.333 e. The summed E-state index contributed by atoms with van der Waals surface area (Å²) in [5.41, 5.74) is 2.27. The molecule has 11 heteroatoms. The van der Waals surface area contributed by atoms with Gasteiger partial charge >= 0.3 is 11.7 Å². The highest BCUT2D eigenvalue weighted by Crippen LogP contribution is 2.30. The minimum Gasteiger partial charge on any atom is -0.336 e. The molecule has 1 fully saturated rings. The fourth-order valence-electron chi connectivity index (χ4n) is 4.90. The van der Waals surface area contributed by atoms with Crippen LogP contribution in [0.5, 0.6) is 0 Å². The lowest BCUT2D eigenvalue weighted by Crippen LogP contribution is -2.40. The van der Waals surface area contributed by atoms with Gasteiger partial charge in [0.25, 0.3) is 5.56 Å². The van der Waals surface area contributed by atoms with Crippen LogP contribution in [0.4, 0.5) is 14.9 Å². The van der Waals surface area contributed by atoms with Gasteiger partial charge in [-0.25, -0.2) is 19.0 Å². The average molecular weight is 544 g/mol. The highest BCUT2D eigenvalue weighted by atomic mass is 19.1. The second kappa shape index (κ2) is 10.9. The molecule has 6 rings (SSSR count). The van der Waals surface area contributed by atoms with Crippen molar-refractivity contribution in [3.8, 4) is 0 Å². The van der Waals surface area contributed by atoms with Crippen LogP contribution >= 0.6 is 0 Å². The third kappa shape index (κ3) is 5.59. The molecule has 4 aromatic rings. The van der Waals surface area contributed by atoms with E-state index in [4.69, 9.17) is 0 Å². The lowest BCUT2D eigenvalue weighted by atomic mass is 10.1. The summed E-state index contributed by atoms with van der Waals surface area (Å²) in [6.45, 7) is 1.88. The molecule has 10 nitrogen and oxygen atoms in total. The van der Waals surface area contributed by atoms with Gasteiger partial charge < -0.3 is 20.9 Å². The standard InChI is InChI=1S/C29H30FN7O3/c30-23-4-2-1-3-20(23)17-37-27(38)25-26(36(29(37)40)16-19-5-6-19)35-24(34-25)15-18-7-9-21(10-8-18)32-28(39)33-22-11-13-31-14-12-22/h1-4,7-11,19,31H,5-6,12-17H2,(H,34,35)(H2,32,33,39). The Bertz CT molecular complexity index is 1710. The molecular weight excluding hydrogens is 513 g/mol. The minimum absolute atomic E-state index is 0.157. The number of nitrogens with zero attached hydrogens (tertiary/aromatic N) is 3. The molecule has 4 N–H and O–H groups in total. The van der Waals surface area contributed by atoms with Crippen LogP contribution < -0.4 is 27.2 Å². The zero-order chi connectivity index (χ0) is 27.6. The van der Waals surface area contributed by atoms with E-state index in [1.165, 1.54) is 6.07 Å². The van der Waals surface area contributed by atoms with E-state index in [1.807, 2.05) is 18.2 Å². The van der Waals surface area contributed by atoms with Gasteiger partial charge in [-0.2, -0.15) is 0 Å². The molecule has 2 amide bonds. The highest BCUT2D eigenvalue weighted by molar-refractivity contribution is 5.90. The van der Waals surface area contributed by atoms with Gasteiger partial charge in [0.05, 0.1) is 6.54 Å². The molecule has 0 bridgehead atoms. The number of nitrogens with one attached hydrogen (secondary N) is 4. The van der Waals surface area contributed by atoms with Gasteiger partial charge in [0, 0.05) is 43.0 Å². The number of carbonyl (C=O) groups excluding carboxylic acids is 1. The molecule has 0 radical (unpaired) electrons. The summed E-state index contributed by atoms with van der Waals surface area (Å²) in [6, 6.07) is 13.2. The molecule has 0 unspecified atom stereocenters. The van der Waals surface area contributed by atoms with Crippen LogP contribution in [0.25, 0.3) is 11.2 Å². The number of fused-ring (bicyclic) bond motifs is 1.